The summed E-state index contributed by atoms with van der Waals surface area (Å²) in [6.07, 6.45) is 1.69. The van der Waals surface area contributed by atoms with Crippen molar-refractivity contribution in [1.82, 2.24) is 14.5 Å². The van der Waals surface area contributed by atoms with Gasteiger partial charge in [-0.3, -0.25) is 0 Å². The summed E-state index contributed by atoms with van der Waals surface area (Å²) in [5, 5.41) is 2.92. The van der Waals surface area contributed by atoms with E-state index in [0.29, 0.717) is 25.2 Å². The summed E-state index contributed by atoms with van der Waals surface area (Å²) >= 11 is 0. The van der Waals surface area contributed by atoms with Crippen LogP contribution in [0.3, 0.4) is 0 Å². The standard InChI is InChI=1S/C21H24FN3O3S/c22-19-9-5-4-8-18(19)21(10-11-21)16-23-20(26)24-12-14-25(15-13-24)29(27,28)17-6-2-1-3-7-17/h1-9H,10-16H2,(H,23,26). The largest absolute Gasteiger partial charge is 0.337 e. The molecule has 0 spiro atoms. The highest BCUT2D eigenvalue weighted by Crippen LogP contribution is 2.48. The van der Waals surface area contributed by atoms with Crippen LogP contribution < -0.4 is 5.32 Å². The molecule has 0 unspecified atom stereocenters. The molecular weight excluding hydrogens is 393 g/mol. The normalized spacial score (nSPS) is 19.0. The highest BCUT2D eigenvalue weighted by molar-refractivity contribution is 7.89. The average Bonchev–Trinajstić information content (AvgIpc) is 3.54. The zero-order chi connectivity index (χ0) is 20.5. The summed E-state index contributed by atoms with van der Waals surface area (Å²) in [7, 11) is -3.54. The number of sulfonamides is 1. The van der Waals surface area contributed by atoms with Gasteiger partial charge in [0.15, 0.2) is 0 Å². The molecule has 8 heteroatoms. The number of benzene rings is 2. The van der Waals surface area contributed by atoms with Gasteiger partial charge < -0.3 is 10.2 Å². The molecule has 1 saturated heterocycles. The monoisotopic (exact) mass is 417 g/mol. The molecule has 29 heavy (non-hydrogen) atoms. The fraction of sp³-hybridized carbons (Fsp3) is 0.381. The van der Waals surface area contributed by atoms with Gasteiger partial charge in [0.05, 0.1) is 4.90 Å². The van der Waals surface area contributed by atoms with Crippen LogP contribution in [0.15, 0.2) is 59.5 Å². The van der Waals surface area contributed by atoms with Crippen molar-refractivity contribution in [3.8, 4) is 0 Å². The molecule has 2 aromatic carbocycles. The number of hydrogen-bond acceptors (Lipinski definition) is 3. The lowest BCUT2D eigenvalue weighted by Crippen LogP contribution is -2.53. The average molecular weight is 418 g/mol. The second kappa shape index (κ2) is 7.76. The van der Waals surface area contributed by atoms with E-state index in [1.165, 1.54) is 10.4 Å². The van der Waals surface area contributed by atoms with Crippen LogP contribution in [0.5, 0.6) is 0 Å². The Morgan fingerprint density at radius 1 is 0.966 bits per heavy atom. The topological polar surface area (TPSA) is 69.7 Å². The maximum absolute atomic E-state index is 14.1. The van der Waals surface area contributed by atoms with E-state index in [1.807, 2.05) is 6.07 Å². The van der Waals surface area contributed by atoms with E-state index in [0.717, 1.165) is 12.8 Å². The molecule has 0 atom stereocenters. The highest BCUT2D eigenvalue weighted by Gasteiger charge is 2.46. The first-order chi connectivity index (χ1) is 13.9. The Morgan fingerprint density at radius 2 is 1.59 bits per heavy atom. The van der Waals surface area contributed by atoms with Crippen molar-refractivity contribution in [2.75, 3.05) is 32.7 Å². The maximum atomic E-state index is 14.1. The van der Waals surface area contributed by atoms with Crippen LogP contribution >= 0.6 is 0 Å². The minimum Gasteiger partial charge on any atom is -0.337 e. The molecule has 4 rings (SSSR count). The van der Waals surface area contributed by atoms with Crippen molar-refractivity contribution in [1.29, 1.82) is 0 Å². The third kappa shape index (κ3) is 4.00. The van der Waals surface area contributed by atoms with Crippen LogP contribution in [0, 0.1) is 5.82 Å². The summed E-state index contributed by atoms with van der Waals surface area (Å²) in [5.41, 5.74) is 0.332. The van der Waals surface area contributed by atoms with E-state index in [2.05, 4.69) is 5.32 Å². The summed E-state index contributed by atoms with van der Waals surface area (Å²) in [6, 6.07) is 14.8. The van der Waals surface area contributed by atoms with Crippen molar-refractivity contribution < 1.29 is 17.6 Å². The van der Waals surface area contributed by atoms with Crippen molar-refractivity contribution in [2.24, 2.45) is 0 Å². The van der Waals surface area contributed by atoms with Gasteiger partial charge in [0.1, 0.15) is 5.82 Å². The number of nitrogens with zero attached hydrogens (tertiary/aromatic N) is 2. The molecule has 1 heterocycles. The van der Waals surface area contributed by atoms with Crippen LogP contribution in [0.25, 0.3) is 0 Å². The highest BCUT2D eigenvalue weighted by atomic mass is 32.2. The second-order valence-electron chi connectivity index (χ2n) is 7.62. The van der Waals surface area contributed by atoms with E-state index >= 15 is 0 Å². The molecule has 1 aliphatic carbocycles. The number of halogens is 1. The summed E-state index contributed by atoms with van der Waals surface area (Å²) in [5.74, 6) is -0.237. The molecule has 0 aromatic heterocycles. The lowest BCUT2D eigenvalue weighted by atomic mass is 9.95. The number of carbonyl (C=O) groups is 1. The number of piperazine rings is 1. The van der Waals surface area contributed by atoms with E-state index in [-0.39, 0.29) is 35.2 Å². The predicted octanol–water partition coefficient (Wildman–Crippen LogP) is 2.57. The quantitative estimate of drug-likeness (QED) is 0.813. The second-order valence-corrected chi connectivity index (χ2v) is 9.56. The Bertz CT molecular complexity index is 985. The van der Waals surface area contributed by atoms with Crippen LogP contribution in [0.2, 0.25) is 0 Å². The molecule has 2 aliphatic rings. The Hall–Kier alpha value is -2.45. The van der Waals surface area contributed by atoms with Gasteiger partial charge in [-0.25, -0.2) is 17.6 Å². The molecule has 6 nitrogen and oxygen atoms in total. The number of hydrogen-bond donors (Lipinski definition) is 1. The Labute approximate surface area is 170 Å². The molecule has 0 radical (unpaired) electrons. The Morgan fingerprint density at radius 3 is 2.21 bits per heavy atom. The fourth-order valence-electron chi connectivity index (χ4n) is 3.81. The van der Waals surface area contributed by atoms with Gasteiger partial charge >= 0.3 is 6.03 Å². The Balaban J connectivity index is 1.33. The molecule has 154 valence electrons. The molecule has 0 bridgehead atoms. The SMILES string of the molecule is O=C(NCC1(c2ccccc2F)CC1)N1CCN(S(=O)(=O)c2ccccc2)CC1. The van der Waals surface area contributed by atoms with Gasteiger partial charge in [-0.1, -0.05) is 36.4 Å². The first kappa shape index (κ1) is 19.8. The summed E-state index contributed by atoms with van der Waals surface area (Å²) in [4.78, 5) is 14.5. The first-order valence-electron chi connectivity index (χ1n) is 9.75. The molecule has 1 N–H and O–H groups in total. The van der Waals surface area contributed by atoms with Crippen molar-refractivity contribution in [3.63, 3.8) is 0 Å². The van der Waals surface area contributed by atoms with Crippen LogP contribution in [-0.2, 0) is 15.4 Å². The van der Waals surface area contributed by atoms with Crippen molar-refractivity contribution in [3.05, 3.63) is 66.0 Å². The third-order valence-corrected chi connectivity index (χ3v) is 7.70. The number of amides is 2. The molecule has 2 amide bonds. The molecule has 2 fully saturated rings. The van der Waals surface area contributed by atoms with Crippen LogP contribution in [-0.4, -0.2) is 56.4 Å². The van der Waals surface area contributed by atoms with E-state index in [1.54, 1.807) is 47.4 Å². The van der Waals surface area contributed by atoms with Gasteiger partial charge in [0.2, 0.25) is 10.0 Å². The van der Waals surface area contributed by atoms with Crippen LogP contribution in [0.4, 0.5) is 9.18 Å². The van der Waals surface area contributed by atoms with Gasteiger partial charge in [-0.05, 0) is 36.6 Å². The van der Waals surface area contributed by atoms with Gasteiger partial charge in [0, 0.05) is 38.1 Å². The lowest BCUT2D eigenvalue weighted by Gasteiger charge is -2.34. The number of rotatable bonds is 5. The smallest absolute Gasteiger partial charge is 0.317 e. The minimum absolute atomic E-state index is 0.232. The van der Waals surface area contributed by atoms with Crippen molar-refractivity contribution >= 4 is 16.1 Å². The predicted molar refractivity (Wildman–Crippen MR) is 107 cm³/mol. The van der Waals surface area contributed by atoms with Gasteiger partial charge in [0.25, 0.3) is 0 Å². The zero-order valence-electron chi connectivity index (χ0n) is 16.1. The third-order valence-electron chi connectivity index (χ3n) is 5.78. The lowest BCUT2D eigenvalue weighted by molar-refractivity contribution is 0.171. The van der Waals surface area contributed by atoms with Gasteiger partial charge in [-0.2, -0.15) is 4.31 Å². The fourth-order valence-corrected chi connectivity index (χ4v) is 5.26. The number of nitrogens with one attached hydrogen (secondary N) is 1. The first-order valence-corrected chi connectivity index (χ1v) is 11.2. The summed E-state index contributed by atoms with van der Waals surface area (Å²) in [6.45, 7) is 1.54. The maximum Gasteiger partial charge on any atom is 0.317 e. The molecule has 1 aliphatic heterocycles. The minimum atomic E-state index is -3.54. The molecular formula is C21H24FN3O3S. The van der Waals surface area contributed by atoms with Crippen molar-refractivity contribution in [2.45, 2.75) is 23.2 Å². The zero-order valence-corrected chi connectivity index (χ0v) is 16.9. The number of urea groups is 1. The van der Waals surface area contributed by atoms with E-state index < -0.39 is 10.0 Å². The van der Waals surface area contributed by atoms with Gasteiger partial charge in [-0.15, -0.1) is 0 Å². The molecule has 2 aromatic rings. The van der Waals surface area contributed by atoms with E-state index in [9.17, 15) is 17.6 Å². The molecule has 1 saturated carbocycles. The summed E-state index contributed by atoms with van der Waals surface area (Å²) < 4.78 is 40.9. The number of carbonyl (C=O) groups excluding carboxylic acids is 1. The Kier molecular flexibility index (Phi) is 5.31. The van der Waals surface area contributed by atoms with E-state index in [4.69, 9.17) is 0 Å². The van der Waals surface area contributed by atoms with Crippen LogP contribution in [0.1, 0.15) is 18.4 Å².